The molecule has 1 aliphatic heterocycles. The van der Waals surface area contributed by atoms with Gasteiger partial charge in [-0.15, -0.1) is 0 Å². The van der Waals surface area contributed by atoms with E-state index >= 15 is 0 Å². The zero-order chi connectivity index (χ0) is 14.4. The molecule has 2 heterocycles. The summed E-state index contributed by atoms with van der Waals surface area (Å²) in [4.78, 5) is 4.38. The van der Waals surface area contributed by atoms with Crippen molar-refractivity contribution < 1.29 is 9.84 Å². The van der Waals surface area contributed by atoms with Crippen LogP contribution in [0.15, 0.2) is 42.7 Å². The van der Waals surface area contributed by atoms with E-state index in [1.165, 1.54) is 11.1 Å². The van der Waals surface area contributed by atoms with Crippen LogP contribution >= 0.6 is 0 Å². The van der Waals surface area contributed by atoms with E-state index in [0.29, 0.717) is 0 Å². The molecule has 4 heteroatoms. The Hall–Kier alpha value is -2.49. The summed E-state index contributed by atoms with van der Waals surface area (Å²) in [5.74, 6) is 1.26. The Kier molecular flexibility index (Phi) is 2.64. The zero-order valence-electron chi connectivity index (χ0n) is 11.8. The molecule has 0 saturated carbocycles. The molecular weight excluding hydrogens is 264 g/mol. The molecule has 0 saturated heterocycles. The number of ether oxygens (including phenoxy) is 1. The molecule has 2 aromatic carbocycles. The molecule has 3 aromatic rings. The third-order valence-corrected chi connectivity index (χ3v) is 4.19. The van der Waals surface area contributed by atoms with Crippen molar-refractivity contribution in [1.29, 1.82) is 0 Å². The Labute approximate surface area is 122 Å². The zero-order valence-corrected chi connectivity index (χ0v) is 11.8. The number of aromatic nitrogens is 2. The maximum atomic E-state index is 10.1. The number of rotatable bonds is 2. The Bertz CT molecular complexity index is 823. The van der Waals surface area contributed by atoms with Gasteiger partial charge in [-0.1, -0.05) is 12.1 Å². The summed E-state index contributed by atoms with van der Waals surface area (Å²) in [5, 5.41) is 10.1. The molecule has 0 spiro atoms. The minimum absolute atomic E-state index is 0.106. The molecule has 0 bridgehead atoms. The van der Waals surface area contributed by atoms with Crippen molar-refractivity contribution >= 4 is 11.0 Å². The topological polar surface area (TPSA) is 47.3 Å². The largest absolute Gasteiger partial charge is 0.506 e. The van der Waals surface area contributed by atoms with Crippen LogP contribution in [0.5, 0.6) is 11.5 Å². The molecule has 4 nitrogen and oxygen atoms in total. The van der Waals surface area contributed by atoms with Crippen molar-refractivity contribution in [2.75, 3.05) is 6.61 Å². The summed E-state index contributed by atoms with van der Waals surface area (Å²) in [5.41, 5.74) is 4.04. The first kappa shape index (κ1) is 12.3. The highest BCUT2D eigenvalue weighted by Gasteiger charge is 2.17. The number of imidazole rings is 1. The summed E-state index contributed by atoms with van der Waals surface area (Å²) in [6.07, 6.45) is 2.75. The van der Waals surface area contributed by atoms with Crippen molar-refractivity contribution in [3.05, 3.63) is 53.9 Å². The van der Waals surface area contributed by atoms with Gasteiger partial charge in [0.2, 0.25) is 0 Å². The average molecular weight is 280 g/mol. The molecule has 0 aliphatic carbocycles. The molecule has 106 valence electrons. The Morgan fingerprint density at radius 2 is 2.19 bits per heavy atom. The van der Waals surface area contributed by atoms with Crippen molar-refractivity contribution in [3.63, 3.8) is 0 Å². The maximum Gasteiger partial charge on any atom is 0.141 e. The van der Waals surface area contributed by atoms with E-state index in [1.807, 2.05) is 22.8 Å². The quantitative estimate of drug-likeness (QED) is 0.783. The van der Waals surface area contributed by atoms with Gasteiger partial charge in [0, 0.05) is 6.42 Å². The van der Waals surface area contributed by atoms with Crippen molar-refractivity contribution in [1.82, 2.24) is 9.55 Å². The standard InChI is InChI=1S/C17H16N2O2/c1-11(12-5-6-16-13(9-12)7-8-21-16)19-10-18-14-3-2-4-15(20)17(14)19/h2-6,9-11,20H,7-8H2,1H3. The van der Waals surface area contributed by atoms with E-state index in [9.17, 15) is 5.11 Å². The lowest BCUT2D eigenvalue weighted by Crippen LogP contribution is -2.05. The fraction of sp³-hybridized carbons (Fsp3) is 0.235. The highest BCUT2D eigenvalue weighted by atomic mass is 16.5. The van der Waals surface area contributed by atoms with Crippen LogP contribution in [-0.2, 0) is 6.42 Å². The van der Waals surface area contributed by atoms with E-state index in [2.05, 4.69) is 24.0 Å². The number of phenolic OH excluding ortho intramolecular Hbond substituents is 1. The maximum absolute atomic E-state index is 10.1. The third-order valence-electron chi connectivity index (χ3n) is 4.19. The van der Waals surface area contributed by atoms with E-state index in [1.54, 1.807) is 12.4 Å². The summed E-state index contributed by atoms with van der Waals surface area (Å²) >= 11 is 0. The van der Waals surface area contributed by atoms with Gasteiger partial charge < -0.3 is 14.4 Å². The van der Waals surface area contributed by atoms with E-state index < -0.39 is 0 Å². The second-order valence-electron chi connectivity index (χ2n) is 5.44. The van der Waals surface area contributed by atoms with Gasteiger partial charge in [0.05, 0.1) is 24.5 Å². The monoisotopic (exact) mass is 280 g/mol. The number of hydrogen-bond acceptors (Lipinski definition) is 3. The van der Waals surface area contributed by atoms with Gasteiger partial charge in [0.25, 0.3) is 0 Å². The van der Waals surface area contributed by atoms with Gasteiger partial charge in [-0.05, 0) is 42.3 Å². The summed E-state index contributed by atoms with van der Waals surface area (Å²) in [6.45, 7) is 2.88. The normalized spacial score (nSPS) is 14.9. The van der Waals surface area contributed by atoms with Crippen molar-refractivity contribution in [2.45, 2.75) is 19.4 Å². The molecule has 0 radical (unpaired) electrons. The van der Waals surface area contributed by atoms with E-state index in [4.69, 9.17) is 4.74 Å². The molecular formula is C17H16N2O2. The van der Waals surface area contributed by atoms with E-state index in [0.717, 1.165) is 29.8 Å². The third kappa shape index (κ3) is 1.87. The molecule has 1 aliphatic rings. The predicted molar refractivity (Wildman–Crippen MR) is 80.9 cm³/mol. The lowest BCUT2D eigenvalue weighted by molar-refractivity contribution is 0.357. The second-order valence-corrected chi connectivity index (χ2v) is 5.44. The number of benzene rings is 2. The number of fused-ring (bicyclic) bond motifs is 2. The first-order valence-corrected chi connectivity index (χ1v) is 7.14. The lowest BCUT2D eigenvalue weighted by atomic mass is 10.0. The SMILES string of the molecule is CC(c1ccc2c(c1)CCO2)n1cnc2cccc(O)c21. The average Bonchev–Trinajstić information content (AvgIpc) is 3.13. The fourth-order valence-electron chi connectivity index (χ4n) is 2.99. The first-order valence-electron chi connectivity index (χ1n) is 7.14. The number of hydrogen-bond donors (Lipinski definition) is 1. The van der Waals surface area contributed by atoms with Gasteiger partial charge >= 0.3 is 0 Å². The molecule has 4 rings (SSSR count). The van der Waals surface area contributed by atoms with Gasteiger partial charge in [-0.2, -0.15) is 0 Å². The summed E-state index contributed by atoms with van der Waals surface area (Å²) < 4.78 is 7.57. The molecule has 0 amide bonds. The number of nitrogens with zero attached hydrogens (tertiary/aromatic N) is 2. The number of phenols is 1. The minimum Gasteiger partial charge on any atom is -0.506 e. The molecule has 0 fully saturated rings. The number of para-hydroxylation sites is 1. The van der Waals surface area contributed by atoms with Crippen LogP contribution in [0.25, 0.3) is 11.0 Å². The molecule has 1 atom stereocenters. The van der Waals surface area contributed by atoms with Crippen molar-refractivity contribution in [3.8, 4) is 11.5 Å². The summed E-state index contributed by atoms with van der Waals surface area (Å²) in [6, 6.07) is 11.8. The Balaban J connectivity index is 1.81. The smallest absolute Gasteiger partial charge is 0.141 e. The fourth-order valence-corrected chi connectivity index (χ4v) is 2.99. The van der Waals surface area contributed by atoms with Crippen molar-refractivity contribution in [2.24, 2.45) is 0 Å². The molecule has 1 N–H and O–H groups in total. The summed E-state index contributed by atoms with van der Waals surface area (Å²) in [7, 11) is 0. The highest BCUT2D eigenvalue weighted by Crippen LogP contribution is 2.32. The van der Waals surface area contributed by atoms with E-state index in [-0.39, 0.29) is 11.8 Å². The molecule has 21 heavy (non-hydrogen) atoms. The first-order chi connectivity index (χ1) is 10.2. The van der Waals surface area contributed by atoms with Crippen LogP contribution in [0.1, 0.15) is 24.1 Å². The predicted octanol–water partition coefficient (Wildman–Crippen LogP) is 3.29. The van der Waals surface area contributed by atoms with Crippen LogP contribution in [-0.4, -0.2) is 21.3 Å². The van der Waals surface area contributed by atoms with Crippen LogP contribution in [0.3, 0.4) is 0 Å². The molecule has 1 unspecified atom stereocenters. The molecule has 1 aromatic heterocycles. The van der Waals surface area contributed by atoms with Crippen LogP contribution in [0.4, 0.5) is 0 Å². The highest BCUT2D eigenvalue weighted by molar-refractivity contribution is 5.81. The van der Waals surface area contributed by atoms with Gasteiger partial charge in [0.15, 0.2) is 0 Å². The van der Waals surface area contributed by atoms with Gasteiger partial charge in [-0.25, -0.2) is 4.98 Å². The Morgan fingerprint density at radius 1 is 1.29 bits per heavy atom. The minimum atomic E-state index is 0.106. The Morgan fingerprint density at radius 3 is 3.10 bits per heavy atom. The van der Waals surface area contributed by atoms with Gasteiger partial charge in [-0.3, -0.25) is 0 Å². The lowest BCUT2D eigenvalue weighted by Gasteiger charge is -2.16. The van der Waals surface area contributed by atoms with Crippen LogP contribution in [0.2, 0.25) is 0 Å². The van der Waals surface area contributed by atoms with Gasteiger partial charge in [0.1, 0.15) is 17.0 Å². The van der Waals surface area contributed by atoms with Crippen LogP contribution < -0.4 is 4.74 Å². The second kappa shape index (κ2) is 4.52. The van der Waals surface area contributed by atoms with Crippen LogP contribution in [0, 0.1) is 0 Å². The number of aromatic hydroxyl groups is 1.